The van der Waals surface area contributed by atoms with Crippen LogP contribution in [0.25, 0.3) is 0 Å². The fraction of sp³-hybridized carbons (Fsp3) is 0.875. The minimum absolute atomic E-state index is 0.0172. The zero-order valence-corrected chi connectivity index (χ0v) is 7.48. The standard InChI is InChI=1S/C8H13F2NO2/c1-13-6(12)2-3-7(5-11)4-8(7,9)10/h2-5,11H2,1H3. The number of alkyl halides is 2. The van der Waals surface area contributed by atoms with Gasteiger partial charge in [0.05, 0.1) is 12.5 Å². The number of nitrogens with two attached hydrogens (primary N) is 1. The lowest BCUT2D eigenvalue weighted by Crippen LogP contribution is -2.23. The molecule has 3 nitrogen and oxygen atoms in total. The first-order chi connectivity index (χ1) is 5.97. The normalized spacial score (nSPS) is 29.8. The molecule has 0 aromatic carbocycles. The molecule has 0 heterocycles. The molecule has 0 amide bonds. The molecule has 1 atom stereocenters. The summed E-state index contributed by atoms with van der Waals surface area (Å²) in [4.78, 5) is 10.7. The van der Waals surface area contributed by atoms with E-state index in [4.69, 9.17) is 5.73 Å². The van der Waals surface area contributed by atoms with Gasteiger partial charge in [-0.3, -0.25) is 4.79 Å². The molecule has 2 N–H and O–H groups in total. The van der Waals surface area contributed by atoms with Gasteiger partial charge in [0.2, 0.25) is 0 Å². The predicted octanol–water partition coefficient (Wildman–Crippen LogP) is 0.924. The smallest absolute Gasteiger partial charge is 0.305 e. The second-order valence-corrected chi connectivity index (χ2v) is 3.44. The van der Waals surface area contributed by atoms with Crippen LogP contribution in [0.15, 0.2) is 0 Å². The van der Waals surface area contributed by atoms with Crippen LogP contribution in [0.1, 0.15) is 19.3 Å². The van der Waals surface area contributed by atoms with E-state index < -0.39 is 17.3 Å². The molecule has 1 rings (SSSR count). The second kappa shape index (κ2) is 3.21. The molecule has 1 unspecified atom stereocenters. The zero-order chi connectivity index (χ0) is 10.1. The minimum Gasteiger partial charge on any atom is -0.469 e. The Labute approximate surface area is 75.2 Å². The van der Waals surface area contributed by atoms with Gasteiger partial charge >= 0.3 is 5.97 Å². The summed E-state index contributed by atoms with van der Waals surface area (Å²) in [5.74, 6) is -3.15. The molecular formula is C8H13F2NO2. The summed E-state index contributed by atoms with van der Waals surface area (Å²) in [6.07, 6.45) is -0.0695. The van der Waals surface area contributed by atoms with Crippen molar-refractivity contribution in [2.24, 2.45) is 11.1 Å². The second-order valence-electron chi connectivity index (χ2n) is 3.44. The van der Waals surface area contributed by atoms with Crippen LogP contribution in [-0.4, -0.2) is 25.5 Å². The van der Waals surface area contributed by atoms with Gasteiger partial charge in [-0.05, 0) is 6.42 Å². The molecule has 0 aromatic rings. The summed E-state index contributed by atoms with van der Waals surface area (Å²) >= 11 is 0. The number of hydrogen-bond acceptors (Lipinski definition) is 3. The van der Waals surface area contributed by atoms with Crippen molar-refractivity contribution in [1.82, 2.24) is 0 Å². The molecule has 13 heavy (non-hydrogen) atoms. The molecule has 76 valence electrons. The molecular weight excluding hydrogens is 180 g/mol. The Morgan fingerprint density at radius 2 is 2.15 bits per heavy atom. The van der Waals surface area contributed by atoms with Crippen LogP contribution in [0.2, 0.25) is 0 Å². The molecule has 5 heteroatoms. The van der Waals surface area contributed by atoms with Crippen LogP contribution in [-0.2, 0) is 9.53 Å². The van der Waals surface area contributed by atoms with Gasteiger partial charge in [0.1, 0.15) is 0 Å². The highest BCUT2D eigenvalue weighted by Crippen LogP contribution is 2.62. The molecule has 0 bridgehead atoms. The molecule has 0 saturated heterocycles. The van der Waals surface area contributed by atoms with Gasteiger partial charge in [-0.1, -0.05) is 0 Å². The van der Waals surface area contributed by atoms with E-state index in [1.54, 1.807) is 0 Å². The number of halogens is 2. The summed E-state index contributed by atoms with van der Waals surface area (Å²) < 4.78 is 29.9. The molecule has 0 aromatic heterocycles. The monoisotopic (exact) mass is 193 g/mol. The number of esters is 1. The van der Waals surface area contributed by atoms with Gasteiger partial charge in [0.15, 0.2) is 0 Å². The summed E-state index contributed by atoms with van der Waals surface area (Å²) in [6, 6.07) is 0. The lowest BCUT2D eigenvalue weighted by atomic mass is 10.00. The van der Waals surface area contributed by atoms with Crippen LogP contribution < -0.4 is 5.73 Å². The van der Waals surface area contributed by atoms with Gasteiger partial charge in [0.25, 0.3) is 5.92 Å². The van der Waals surface area contributed by atoms with Crippen molar-refractivity contribution in [2.75, 3.05) is 13.7 Å². The van der Waals surface area contributed by atoms with Crippen molar-refractivity contribution in [2.45, 2.75) is 25.2 Å². The summed E-state index contributed by atoms with van der Waals surface area (Å²) in [7, 11) is 1.24. The largest absolute Gasteiger partial charge is 0.469 e. The Hall–Kier alpha value is -0.710. The van der Waals surface area contributed by atoms with Crippen molar-refractivity contribution in [3.8, 4) is 0 Å². The Morgan fingerprint density at radius 1 is 1.62 bits per heavy atom. The van der Waals surface area contributed by atoms with Crippen molar-refractivity contribution >= 4 is 5.97 Å². The van der Waals surface area contributed by atoms with Crippen molar-refractivity contribution in [3.05, 3.63) is 0 Å². The van der Waals surface area contributed by atoms with E-state index in [1.165, 1.54) is 7.11 Å². The van der Waals surface area contributed by atoms with Crippen LogP contribution >= 0.6 is 0 Å². The Balaban J connectivity index is 2.40. The average Bonchev–Trinajstić information content (AvgIpc) is 2.65. The lowest BCUT2D eigenvalue weighted by Gasteiger charge is -2.11. The third kappa shape index (κ3) is 1.80. The lowest BCUT2D eigenvalue weighted by molar-refractivity contribution is -0.141. The van der Waals surface area contributed by atoms with E-state index in [0.717, 1.165) is 0 Å². The maximum Gasteiger partial charge on any atom is 0.305 e. The SMILES string of the molecule is COC(=O)CCC1(CN)CC1(F)F. The first-order valence-corrected chi connectivity index (χ1v) is 4.12. The fourth-order valence-corrected chi connectivity index (χ4v) is 1.42. The summed E-state index contributed by atoms with van der Waals surface area (Å²) in [5, 5.41) is 0. The molecule has 0 radical (unpaired) electrons. The summed E-state index contributed by atoms with van der Waals surface area (Å²) in [6.45, 7) is -0.0724. The molecule has 1 aliphatic rings. The Kier molecular flexibility index (Phi) is 2.56. The molecule has 0 spiro atoms. The summed E-state index contributed by atoms with van der Waals surface area (Å²) in [5.41, 5.74) is 4.10. The van der Waals surface area contributed by atoms with Crippen molar-refractivity contribution in [1.29, 1.82) is 0 Å². The molecule has 1 aliphatic carbocycles. The highest BCUT2D eigenvalue weighted by Gasteiger charge is 2.69. The number of carbonyl (C=O) groups excluding carboxylic acids is 1. The number of methoxy groups -OCH3 is 1. The number of hydrogen-bond donors (Lipinski definition) is 1. The van der Waals surface area contributed by atoms with Crippen molar-refractivity contribution < 1.29 is 18.3 Å². The first-order valence-electron chi connectivity index (χ1n) is 4.12. The minimum atomic E-state index is -2.68. The Bertz CT molecular complexity index is 220. The number of rotatable bonds is 4. The van der Waals surface area contributed by atoms with Gasteiger partial charge in [0, 0.05) is 19.4 Å². The maximum atomic E-state index is 12.8. The topological polar surface area (TPSA) is 52.3 Å². The predicted molar refractivity (Wildman–Crippen MR) is 42.3 cm³/mol. The highest BCUT2D eigenvalue weighted by molar-refractivity contribution is 5.69. The van der Waals surface area contributed by atoms with Crippen LogP contribution in [0.5, 0.6) is 0 Å². The van der Waals surface area contributed by atoms with E-state index in [0.29, 0.717) is 0 Å². The van der Waals surface area contributed by atoms with Crippen molar-refractivity contribution in [3.63, 3.8) is 0 Å². The fourth-order valence-electron chi connectivity index (χ4n) is 1.42. The average molecular weight is 193 g/mol. The van der Waals surface area contributed by atoms with E-state index >= 15 is 0 Å². The van der Waals surface area contributed by atoms with Gasteiger partial charge in [-0.2, -0.15) is 0 Å². The quantitative estimate of drug-likeness (QED) is 0.675. The Morgan fingerprint density at radius 3 is 2.46 bits per heavy atom. The maximum absolute atomic E-state index is 12.8. The van der Waals surface area contributed by atoms with E-state index in [9.17, 15) is 13.6 Å². The highest BCUT2D eigenvalue weighted by atomic mass is 19.3. The van der Waals surface area contributed by atoms with E-state index in [-0.39, 0.29) is 25.8 Å². The molecule has 1 fully saturated rings. The van der Waals surface area contributed by atoms with Gasteiger partial charge in [-0.25, -0.2) is 8.78 Å². The first kappa shape index (κ1) is 10.4. The van der Waals surface area contributed by atoms with Crippen LogP contribution in [0.3, 0.4) is 0 Å². The van der Waals surface area contributed by atoms with E-state index in [2.05, 4.69) is 4.74 Å². The molecule has 1 saturated carbocycles. The number of carbonyl (C=O) groups is 1. The van der Waals surface area contributed by atoms with E-state index in [1.807, 2.05) is 0 Å². The third-order valence-corrected chi connectivity index (χ3v) is 2.64. The van der Waals surface area contributed by atoms with Crippen LogP contribution in [0.4, 0.5) is 8.78 Å². The third-order valence-electron chi connectivity index (χ3n) is 2.64. The molecule has 0 aliphatic heterocycles. The van der Waals surface area contributed by atoms with Crippen LogP contribution in [0, 0.1) is 5.41 Å². The zero-order valence-electron chi connectivity index (χ0n) is 7.48. The van der Waals surface area contributed by atoms with Gasteiger partial charge < -0.3 is 10.5 Å². The number of ether oxygens (including phenoxy) is 1. The van der Waals surface area contributed by atoms with Gasteiger partial charge in [-0.15, -0.1) is 0 Å².